The highest BCUT2D eigenvalue weighted by Crippen LogP contribution is 2.30. The van der Waals surface area contributed by atoms with Crippen molar-refractivity contribution < 1.29 is 19.2 Å². The molecule has 0 atom stereocenters. The van der Waals surface area contributed by atoms with Crippen LogP contribution in [0.25, 0.3) is 11.0 Å². The maximum Gasteiger partial charge on any atom is 0.374 e. The molecule has 0 saturated carbocycles. The van der Waals surface area contributed by atoms with E-state index in [2.05, 4.69) is 23.7 Å². The molecule has 2 N–H and O–H groups in total. The van der Waals surface area contributed by atoms with E-state index in [9.17, 15) is 9.59 Å². The van der Waals surface area contributed by atoms with Crippen LogP contribution in [0.4, 0.5) is 5.69 Å². The number of benzene rings is 1. The Balaban J connectivity index is 1.94. The van der Waals surface area contributed by atoms with Crippen molar-refractivity contribution in [1.82, 2.24) is 13.9 Å². The topological polar surface area (TPSA) is 118 Å². The van der Waals surface area contributed by atoms with E-state index < -0.39 is 17.6 Å². The normalized spacial score (nSPS) is 10.7. The predicted molar refractivity (Wildman–Crippen MR) is 73.8 cm³/mol. The highest BCUT2D eigenvalue weighted by atomic mass is 35.5. The first kappa shape index (κ1) is 13.5. The van der Waals surface area contributed by atoms with Crippen molar-refractivity contribution >= 4 is 51.9 Å². The molecule has 0 aliphatic heterocycles. The monoisotopic (exact) mass is 324 g/mol. The summed E-state index contributed by atoms with van der Waals surface area (Å²) in [6.07, 6.45) is 0. The number of fused-ring (bicyclic) bond motifs is 1. The highest BCUT2D eigenvalue weighted by molar-refractivity contribution is 7.00. The molecule has 0 saturated heterocycles. The number of nitrogens with zero attached hydrogens (tertiary/aromatic N) is 3. The minimum atomic E-state index is -1.31. The van der Waals surface area contributed by atoms with E-state index in [0.717, 1.165) is 17.8 Å². The molecule has 1 amide bonds. The van der Waals surface area contributed by atoms with Crippen LogP contribution in [0.5, 0.6) is 0 Å². The second kappa shape index (κ2) is 5.11. The first-order valence-electron chi connectivity index (χ1n) is 5.48. The first-order valence-corrected chi connectivity index (χ1v) is 6.59. The van der Waals surface area contributed by atoms with Gasteiger partial charge in [-0.25, -0.2) is 4.79 Å². The molecule has 1 aromatic carbocycles. The molecular formula is C11H5ClN4O4S. The molecule has 21 heavy (non-hydrogen) atoms. The van der Waals surface area contributed by atoms with E-state index in [1.54, 1.807) is 12.1 Å². The smallest absolute Gasteiger partial charge is 0.374 e. The molecule has 3 rings (SSSR count). The Morgan fingerprint density at radius 1 is 1.33 bits per heavy atom. The molecular weight excluding hydrogens is 320 g/mol. The van der Waals surface area contributed by atoms with Crippen LogP contribution in [-0.4, -0.2) is 30.9 Å². The second-order valence-corrected chi connectivity index (χ2v) is 4.83. The van der Waals surface area contributed by atoms with Gasteiger partial charge in [0.25, 0.3) is 5.91 Å². The van der Waals surface area contributed by atoms with Gasteiger partial charge in [-0.3, -0.25) is 4.79 Å². The van der Waals surface area contributed by atoms with Crippen molar-refractivity contribution in [3.05, 3.63) is 34.7 Å². The van der Waals surface area contributed by atoms with Gasteiger partial charge >= 0.3 is 5.97 Å². The van der Waals surface area contributed by atoms with Crippen LogP contribution >= 0.6 is 23.3 Å². The molecule has 2 heterocycles. The number of carboxylic acids is 1. The van der Waals surface area contributed by atoms with Gasteiger partial charge in [0, 0.05) is 6.07 Å². The summed E-state index contributed by atoms with van der Waals surface area (Å²) >= 11 is 7.02. The van der Waals surface area contributed by atoms with Gasteiger partial charge in [0.1, 0.15) is 11.0 Å². The Bertz CT molecular complexity index is 859. The van der Waals surface area contributed by atoms with Gasteiger partial charge < -0.3 is 14.9 Å². The second-order valence-electron chi connectivity index (χ2n) is 3.89. The van der Waals surface area contributed by atoms with Crippen molar-refractivity contribution in [3.63, 3.8) is 0 Å². The number of nitrogens with one attached hydrogen (secondary N) is 1. The van der Waals surface area contributed by atoms with Gasteiger partial charge in [0.05, 0.1) is 22.4 Å². The number of carbonyl (C=O) groups excluding carboxylic acids is 1. The van der Waals surface area contributed by atoms with Crippen LogP contribution in [0.2, 0.25) is 5.02 Å². The van der Waals surface area contributed by atoms with E-state index in [1.165, 1.54) is 0 Å². The predicted octanol–water partition coefficient (Wildman–Crippen LogP) is 2.28. The number of hydrogen-bond acceptors (Lipinski definition) is 7. The summed E-state index contributed by atoms with van der Waals surface area (Å²) in [6.45, 7) is 0. The lowest BCUT2D eigenvalue weighted by Crippen LogP contribution is -2.13. The zero-order chi connectivity index (χ0) is 15.0. The molecule has 0 radical (unpaired) electrons. The first-order chi connectivity index (χ1) is 10.1. The van der Waals surface area contributed by atoms with Crippen molar-refractivity contribution in [2.24, 2.45) is 0 Å². The number of anilines is 1. The van der Waals surface area contributed by atoms with E-state index >= 15 is 0 Å². The van der Waals surface area contributed by atoms with E-state index in [-0.39, 0.29) is 16.4 Å². The lowest BCUT2D eigenvalue weighted by atomic mass is 10.2. The van der Waals surface area contributed by atoms with E-state index in [0.29, 0.717) is 11.0 Å². The Hall–Kier alpha value is -2.52. The van der Waals surface area contributed by atoms with Crippen molar-refractivity contribution in [2.75, 3.05) is 5.32 Å². The van der Waals surface area contributed by atoms with Crippen LogP contribution in [-0.2, 0) is 0 Å². The lowest BCUT2D eigenvalue weighted by molar-refractivity contribution is 0.0651. The highest BCUT2D eigenvalue weighted by Gasteiger charge is 2.19. The molecule has 3 aromatic rings. The Labute approximate surface area is 125 Å². The molecule has 10 heteroatoms. The number of halogens is 1. The third kappa shape index (κ3) is 2.43. The summed E-state index contributed by atoms with van der Waals surface area (Å²) in [5, 5.41) is 14.9. The quantitative estimate of drug-likeness (QED) is 0.758. The van der Waals surface area contributed by atoms with Crippen LogP contribution < -0.4 is 5.32 Å². The van der Waals surface area contributed by atoms with Gasteiger partial charge in [-0.2, -0.15) is 8.75 Å². The molecule has 0 fully saturated rings. The number of hydrogen-bond donors (Lipinski definition) is 2. The van der Waals surface area contributed by atoms with Crippen molar-refractivity contribution in [2.45, 2.75) is 0 Å². The zero-order valence-electron chi connectivity index (χ0n) is 10.0. The molecule has 2 aromatic heterocycles. The minimum absolute atomic E-state index is 0.177. The number of aromatic nitrogens is 3. The summed E-state index contributed by atoms with van der Waals surface area (Å²) in [7, 11) is 0. The largest absolute Gasteiger partial charge is 0.475 e. The van der Waals surface area contributed by atoms with Gasteiger partial charge in [-0.05, 0) is 12.1 Å². The molecule has 106 valence electrons. The summed E-state index contributed by atoms with van der Waals surface area (Å²) < 4.78 is 12.6. The van der Waals surface area contributed by atoms with Crippen LogP contribution in [0, 0.1) is 0 Å². The van der Waals surface area contributed by atoms with E-state index in [4.69, 9.17) is 16.7 Å². The number of aromatic carboxylic acids is 1. The molecule has 0 aliphatic rings. The average molecular weight is 325 g/mol. The zero-order valence-corrected chi connectivity index (χ0v) is 11.6. The third-order valence-corrected chi connectivity index (χ3v) is 3.43. The maximum atomic E-state index is 12.0. The van der Waals surface area contributed by atoms with Crippen LogP contribution in [0.1, 0.15) is 21.0 Å². The number of carboxylic acid groups (broad SMARTS) is 1. The standard InChI is InChI=1S/C11H5ClN4O4S/c12-4-1-2-5-9(16-21-15-5)8(4)13-10(17)6-3-7(11(18)19)20-14-6/h1-3H,(H,13,17)(H,18,19). The Kier molecular flexibility index (Phi) is 3.28. The van der Waals surface area contributed by atoms with Gasteiger partial charge in [-0.1, -0.05) is 16.8 Å². The number of carbonyl (C=O) groups is 2. The minimum Gasteiger partial charge on any atom is -0.475 e. The molecule has 0 spiro atoms. The van der Waals surface area contributed by atoms with Crippen LogP contribution in [0.15, 0.2) is 22.7 Å². The number of rotatable bonds is 3. The van der Waals surface area contributed by atoms with Crippen LogP contribution in [0.3, 0.4) is 0 Å². The Morgan fingerprint density at radius 2 is 2.14 bits per heavy atom. The molecule has 0 bridgehead atoms. The van der Waals surface area contributed by atoms with E-state index in [1.807, 2.05) is 0 Å². The Morgan fingerprint density at radius 3 is 2.86 bits per heavy atom. The average Bonchev–Trinajstić information content (AvgIpc) is 3.09. The fourth-order valence-corrected chi connectivity index (χ4v) is 2.35. The third-order valence-electron chi connectivity index (χ3n) is 2.57. The van der Waals surface area contributed by atoms with Gasteiger partial charge in [0.2, 0.25) is 5.76 Å². The number of amides is 1. The van der Waals surface area contributed by atoms with Gasteiger partial charge in [-0.15, -0.1) is 0 Å². The summed E-state index contributed by atoms with van der Waals surface area (Å²) in [6, 6.07) is 4.27. The fourth-order valence-electron chi connectivity index (χ4n) is 1.61. The lowest BCUT2D eigenvalue weighted by Gasteiger charge is -2.05. The summed E-state index contributed by atoms with van der Waals surface area (Å²) in [5.41, 5.74) is 1.14. The maximum absolute atomic E-state index is 12.0. The van der Waals surface area contributed by atoms with Crippen molar-refractivity contribution in [1.29, 1.82) is 0 Å². The van der Waals surface area contributed by atoms with Gasteiger partial charge in [0.15, 0.2) is 5.69 Å². The van der Waals surface area contributed by atoms with Crippen molar-refractivity contribution in [3.8, 4) is 0 Å². The molecule has 8 nitrogen and oxygen atoms in total. The fraction of sp³-hybridized carbons (Fsp3) is 0. The SMILES string of the molecule is O=C(Nc1c(Cl)ccc2nsnc12)c1cc(C(=O)O)on1. The summed E-state index contributed by atoms with van der Waals surface area (Å²) in [5.74, 6) is -2.40. The molecule has 0 aliphatic carbocycles. The molecule has 0 unspecified atom stereocenters. The summed E-state index contributed by atoms with van der Waals surface area (Å²) in [4.78, 5) is 22.7.